The Bertz CT molecular complexity index is 616. The molecule has 2 aromatic rings. The van der Waals surface area contributed by atoms with Gasteiger partial charge in [0.15, 0.2) is 0 Å². The zero-order chi connectivity index (χ0) is 14.1. The van der Waals surface area contributed by atoms with Crippen LogP contribution in [0.1, 0.15) is 16.2 Å². The van der Waals surface area contributed by atoms with Gasteiger partial charge in [-0.15, -0.1) is 0 Å². The highest BCUT2D eigenvalue weighted by atomic mass is 79.9. The van der Waals surface area contributed by atoms with Crippen molar-refractivity contribution in [2.24, 2.45) is 13.0 Å². The van der Waals surface area contributed by atoms with Crippen molar-refractivity contribution in [1.82, 2.24) is 19.7 Å². The van der Waals surface area contributed by atoms with Gasteiger partial charge in [0, 0.05) is 24.6 Å². The van der Waals surface area contributed by atoms with Crippen molar-refractivity contribution < 1.29 is 4.79 Å². The predicted molar refractivity (Wildman–Crippen MR) is 78.2 cm³/mol. The number of hydrogen-bond donors (Lipinski definition) is 0. The molecule has 0 saturated carbocycles. The van der Waals surface area contributed by atoms with Crippen LogP contribution in [0.5, 0.6) is 0 Å². The van der Waals surface area contributed by atoms with E-state index in [9.17, 15) is 4.79 Å². The van der Waals surface area contributed by atoms with Gasteiger partial charge in [0.05, 0.1) is 0 Å². The van der Waals surface area contributed by atoms with E-state index in [0.29, 0.717) is 11.7 Å². The van der Waals surface area contributed by atoms with Crippen molar-refractivity contribution in [2.45, 2.75) is 6.42 Å². The smallest absolute Gasteiger partial charge is 0.291 e. The Hall–Kier alpha value is -1.69. The predicted octanol–water partition coefficient (Wildman–Crippen LogP) is 1.89. The molecule has 1 aromatic carbocycles. The van der Waals surface area contributed by atoms with E-state index in [0.717, 1.165) is 24.0 Å². The average Bonchev–Trinajstić information content (AvgIpc) is 2.81. The maximum Gasteiger partial charge on any atom is 0.291 e. The third-order valence-electron chi connectivity index (χ3n) is 3.58. The SMILES string of the molecule is Cn1ncnc1C(=O)N1CC(Cc2ccc(Br)cc2)C1. The first-order chi connectivity index (χ1) is 9.63. The number of nitrogens with zero attached hydrogens (tertiary/aromatic N) is 4. The number of aromatic nitrogens is 3. The number of rotatable bonds is 3. The number of carbonyl (C=O) groups is 1. The van der Waals surface area contributed by atoms with E-state index in [-0.39, 0.29) is 5.91 Å². The van der Waals surface area contributed by atoms with Gasteiger partial charge in [-0.1, -0.05) is 28.1 Å². The van der Waals surface area contributed by atoms with E-state index >= 15 is 0 Å². The highest BCUT2D eigenvalue weighted by molar-refractivity contribution is 9.10. The third kappa shape index (κ3) is 2.60. The quantitative estimate of drug-likeness (QED) is 0.861. The lowest BCUT2D eigenvalue weighted by molar-refractivity contribution is 0.0483. The minimum atomic E-state index is -0.0305. The second-order valence-electron chi connectivity index (χ2n) is 5.11. The fraction of sp³-hybridized carbons (Fsp3) is 0.357. The van der Waals surface area contributed by atoms with E-state index in [1.54, 1.807) is 7.05 Å². The van der Waals surface area contributed by atoms with Crippen molar-refractivity contribution in [3.05, 3.63) is 46.5 Å². The van der Waals surface area contributed by atoms with Gasteiger partial charge in [0.25, 0.3) is 5.91 Å². The Labute approximate surface area is 125 Å². The topological polar surface area (TPSA) is 51.0 Å². The summed E-state index contributed by atoms with van der Waals surface area (Å²) in [6.07, 6.45) is 2.42. The Morgan fingerprint density at radius 1 is 1.35 bits per heavy atom. The molecule has 0 spiro atoms. The summed E-state index contributed by atoms with van der Waals surface area (Å²) in [5.41, 5.74) is 1.31. The van der Waals surface area contributed by atoms with Crippen LogP contribution in [-0.4, -0.2) is 38.7 Å². The van der Waals surface area contributed by atoms with Gasteiger partial charge in [-0.25, -0.2) is 9.67 Å². The minimum absolute atomic E-state index is 0.0305. The molecule has 1 fully saturated rings. The summed E-state index contributed by atoms with van der Waals surface area (Å²) in [6, 6.07) is 8.35. The van der Waals surface area contributed by atoms with Crippen LogP contribution in [0.25, 0.3) is 0 Å². The molecule has 0 aliphatic carbocycles. The van der Waals surface area contributed by atoms with Crippen molar-refractivity contribution in [2.75, 3.05) is 13.1 Å². The Balaban J connectivity index is 1.55. The Morgan fingerprint density at radius 2 is 2.05 bits per heavy atom. The van der Waals surface area contributed by atoms with Gasteiger partial charge in [0.2, 0.25) is 5.82 Å². The van der Waals surface area contributed by atoms with E-state index in [4.69, 9.17) is 0 Å². The lowest BCUT2D eigenvalue weighted by Gasteiger charge is -2.39. The van der Waals surface area contributed by atoms with Crippen molar-refractivity contribution >= 4 is 21.8 Å². The van der Waals surface area contributed by atoms with Crippen LogP contribution < -0.4 is 0 Å². The molecule has 0 unspecified atom stereocenters. The van der Waals surface area contributed by atoms with Gasteiger partial charge < -0.3 is 4.90 Å². The molecule has 1 amide bonds. The monoisotopic (exact) mass is 334 g/mol. The zero-order valence-electron chi connectivity index (χ0n) is 11.2. The number of halogens is 1. The summed E-state index contributed by atoms with van der Waals surface area (Å²) in [4.78, 5) is 18.0. The number of amides is 1. The zero-order valence-corrected chi connectivity index (χ0v) is 12.7. The van der Waals surface area contributed by atoms with E-state index < -0.39 is 0 Å². The molecule has 2 heterocycles. The van der Waals surface area contributed by atoms with Crippen molar-refractivity contribution in [3.8, 4) is 0 Å². The number of benzene rings is 1. The molecular weight excluding hydrogens is 320 g/mol. The highest BCUT2D eigenvalue weighted by Gasteiger charge is 2.32. The molecule has 6 heteroatoms. The van der Waals surface area contributed by atoms with Gasteiger partial charge >= 0.3 is 0 Å². The molecule has 1 aromatic heterocycles. The fourth-order valence-corrected chi connectivity index (χ4v) is 2.71. The van der Waals surface area contributed by atoms with Crippen LogP contribution in [0.2, 0.25) is 0 Å². The molecule has 0 radical (unpaired) electrons. The standard InChI is InChI=1S/C14H15BrN4O/c1-18-13(16-9-17-18)14(20)19-7-11(8-19)6-10-2-4-12(15)5-3-10/h2-5,9,11H,6-8H2,1H3. The van der Waals surface area contributed by atoms with E-state index in [2.05, 4.69) is 50.3 Å². The fourth-order valence-electron chi connectivity index (χ4n) is 2.45. The molecule has 0 bridgehead atoms. The summed E-state index contributed by atoms with van der Waals surface area (Å²) in [5.74, 6) is 0.914. The first kappa shape index (κ1) is 13.3. The second kappa shape index (κ2) is 5.36. The Kier molecular flexibility index (Phi) is 3.56. The molecule has 0 N–H and O–H groups in total. The normalized spacial score (nSPS) is 15.2. The molecule has 20 heavy (non-hydrogen) atoms. The van der Waals surface area contributed by atoms with Gasteiger partial charge in [0.1, 0.15) is 6.33 Å². The van der Waals surface area contributed by atoms with Crippen molar-refractivity contribution in [1.29, 1.82) is 0 Å². The molecule has 5 nitrogen and oxygen atoms in total. The van der Waals surface area contributed by atoms with Crippen LogP contribution in [0.15, 0.2) is 35.1 Å². The summed E-state index contributed by atoms with van der Waals surface area (Å²) in [5, 5.41) is 3.93. The number of hydrogen-bond acceptors (Lipinski definition) is 3. The second-order valence-corrected chi connectivity index (χ2v) is 6.03. The summed E-state index contributed by atoms with van der Waals surface area (Å²) >= 11 is 3.43. The van der Waals surface area contributed by atoms with E-state index in [1.165, 1.54) is 16.6 Å². The van der Waals surface area contributed by atoms with Crippen LogP contribution in [0.4, 0.5) is 0 Å². The molecule has 3 rings (SSSR count). The van der Waals surface area contributed by atoms with Gasteiger partial charge in [-0.05, 0) is 30.0 Å². The van der Waals surface area contributed by atoms with Crippen LogP contribution in [-0.2, 0) is 13.5 Å². The molecule has 0 atom stereocenters. The van der Waals surface area contributed by atoms with Crippen molar-refractivity contribution in [3.63, 3.8) is 0 Å². The average molecular weight is 335 g/mol. The first-order valence-electron chi connectivity index (χ1n) is 6.51. The van der Waals surface area contributed by atoms with Crippen LogP contribution >= 0.6 is 15.9 Å². The lowest BCUT2D eigenvalue weighted by Crippen LogP contribution is -2.51. The molecule has 1 saturated heterocycles. The maximum atomic E-state index is 12.1. The number of likely N-dealkylation sites (tertiary alicyclic amines) is 1. The minimum Gasteiger partial charge on any atom is -0.335 e. The number of carbonyl (C=O) groups excluding carboxylic acids is 1. The molecule has 1 aliphatic heterocycles. The Morgan fingerprint density at radius 3 is 2.65 bits per heavy atom. The summed E-state index contributed by atoms with van der Waals surface area (Å²) < 4.78 is 2.61. The molecular formula is C14H15BrN4O. The van der Waals surface area contributed by atoms with Crippen LogP contribution in [0, 0.1) is 5.92 Å². The third-order valence-corrected chi connectivity index (χ3v) is 4.11. The van der Waals surface area contributed by atoms with Crippen LogP contribution in [0.3, 0.4) is 0 Å². The van der Waals surface area contributed by atoms with Gasteiger partial charge in [-0.2, -0.15) is 5.10 Å². The first-order valence-corrected chi connectivity index (χ1v) is 7.30. The van der Waals surface area contributed by atoms with E-state index in [1.807, 2.05) is 4.90 Å². The summed E-state index contributed by atoms with van der Waals surface area (Å²) in [7, 11) is 1.74. The summed E-state index contributed by atoms with van der Waals surface area (Å²) in [6.45, 7) is 1.59. The van der Waals surface area contributed by atoms with Gasteiger partial charge in [-0.3, -0.25) is 4.79 Å². The maximum absolute atomic E-state index is 12.1. The number of aryl methyl sites for hydroxylation is 1. The lowest BCUT2D eigenvalue weighted by atomic mass is 9.92. The molecule has 104 valence electrons. The molecule has 1 aliphatic rings. The highest BCUT2D eigenvalue weighted by Crippen LogP contribution is 2.22. The largest absolute Gasteiger partial charge is 0.335 e.